The Labute approximate surface area is 71.1 Å². The van der Waals surface area contributed by atoms with Crippen LogP contribution in [0, 0.1) is 11.8 Å². The summed E-state index contributed by atoms with van der Waals surface area (Å²) in [6.07, 6.45) is 1.89. The molecule has 3 atom stereocenters. The van der Waals surface area contributed by atoms with Gasteiger partial charge in [0.2, 0.25) is 0 Å². The number of Topliss-reactive ketones (excluding diaryl/α,β-unsaturated/α-hetero) is 1. The van der Waals surface area contributed by atoms with E-state index in [1.54, 1.807) is 0 Å². The lowest BCUT2D eigenvalue weighted by Gasteiger charge is -2.22. The largest absolute Gasteiger partial charge is 0.462 e. The minimum atomic E-state index is -0.125. The number of carbonyl (C=O) groups excluding carboxylic acids is 2. The highest BCUT2D eigenvalue weighted by molar-refractivity contribution is 5.83. The van der Waals surface area contributed by atoms with E-state index >= 15 is 0 Å². The van der Waals surface area contributed by atoms with Gasteiger partial charge in [0.15, 0.2) is 0 Å². The third kappa shape index (κ3) is 1.04. The van der Waals surface area contributed by atoms with Crippen LogP contribution < -0.4 is 0 Å². The van der Waals surface area contributed by atoms with E-state index in [-0.39, 0.29) is 29.7 Å². The molecule has 0 N–H and O–H groups in total. The van der Waals surface area contributed by atoms with Crippen molar-refractivity contribution < 1.29 is 14.3 Å². The van der Waals surface area contributed by atoms with E-state index in [4.69, 9.17) is 4.74 Å². The molecule has 1 heterocycles. The molecule has 12 heavy (non-hydrogen) atoms. The summed E-state index contributed by atoms with van der Waals surface area (Å²) in [6, 6.07) is 0. The molecule has 3 unspecified atom stereocenters. The summed E-state index contributed by atoms with van der Waals surface area (Å²) < 4.78 is 5.13. The first-order chi connectivity index (χ1) is 5.68. The first kappa shape index (κ1) is 7.77. The Kier molecular flexibility index (Phi) is 1.67. The van der Waals surface area contributed by atoms with Gasteiger partial charge in [-0.25, -0.2) is 0 Å². The van der Waals surface area contributed by atoms with Crippen molar-refractivity contribution in [2.24, 2.45) is 11.8 Å². The lowest BCUT2D eigenvalue weighted by atomic mass is 9.80. The molecule has 1 saturated carbocycles. The normalized spacial score (nSPS) is 40.9. The SMILES string of the molecule is CC1C(=O)OC2CCC(=O)CC21. The minimum absolute atomic E-state index is 0.0326. The Balaban J connectivity index is 2.15. The zero-order valence-electron chi connectivity index (χ0n) is 7.08. The molecule has 0 aromatic rings. The Bertz CT molecular complexity index is 234. The van der Waals surface area contributed by atoms with E-state index in [2.05, 4.69) is 0 Å². The first-order valence-corrected chi connectivity index (χ1v) is 4.40. The molecule has 0 bridgehead atoms. The number of ketones is 1. The van der Waals surface area contributed by atoms with E-state index in [1.807, 2.05) is 6.92 Å². The minimum Gasteiger partial charge on any atom is -0.462 e. The van der Waals surface area contributed by atoms with E-state index in [0.29, 0.717) is 12.8 Å². The van der Waals surface area contributed by atoms with E-state index < -0.39 is 0 Å². The van der Waals surface area contributed by atoms with Gasteiger partial charge in [-0.1, -0.05) is 6.92 Å². The molecule has 0 aromatic carbocycles. The summed E-state index contributed by atoms with van der Waals surface area (Å²) in [5.74, 6) is 0.249. The first-order valence-electron chi connectivity index (χ1n) is 4.40. The fourth-order valence-corrected chi connectivity index (χ4v) is 2.09. The topological polar surface area (TPSA) is 43.4 Å². The van der Waals surface area contributed by atoms with Crippen LogP contribution in [0.2, 0.25) is 0 Å². The van der Waals surface area contributed by atoms with E-state index in [1.165, 1.54) is 0 Å². The van der Waals surface area contributed by atoms with Gasteiger partial charge < -0.3 is 4.74 Å². The van der Waals surface area contributed by atoms with Crippen molar-refractivity contribution in [3.63, 3.8) is 0 Å². The molecule has 3 nitrogen and oxygen atoms in total. The van der Waals surface area contributed by atoms with Crippen molar-refractivity contribution in [2.45, 2.75) is 32.3 Å². The second-order valence-electron chi connectivity index (χ2n) is 3.71. The van der Waals surface area contributed by atoms with E-state index in [9.17, 15) is 9.59 Å². The van der Waals surface area contributed by atoms with Gasteiger partial charge in [-0.3, -0.25) is 9.59 Å². The quantitative estimate of drug-likeness (QED) is 0.505. The van der Waals surface area contributed by atoms with Gasteiger partial charge in [0, 0.05) is 18.8 Å². The maximum atomic E-state index is 11.1. The molecule has 2 aliphatic rings. The van der Waals surface area contributed by atoms with Crippen LogP contribution in [0.5, 0.6) is 0 Å². The predicted molar refractivity (Wildman–Crippen MR) is 41.4 cm³/mol. The van der Waals surface area contributed by atoms with Gasteiger partial charge in [0.25, 0.3) is 0 Å². The van der Waals surface area contributed by atoms with Crippen LogP contribution in [-0.2, 0) is 14.3 Å². The van der Waals surface area contributed by atoms with Gasteiger partial charge in [0.1, 0.15) is 11.9 Å². The lowest BCUT2D eigenvalue weighted by Crippen LogP contribution is -2.28. The Morgan fingerprint density at radius 1 is 1.42 bits per heavy atom. The number of fused-ring (bicyclic) bond motifs is 1. The molecule has 66 valence electrons. The molecule has 0 amide bonds. The van der Waals surface area contributed by atoms with Gasteiger partial charge >= 0.3 is 5.97 Å². The molecule has 0 spiro atoms. The van der Waals surface area contributed by atoms with Crippen molar-refractivity contribution in [1.29, 1.82) is 0 Å². The summed E-state index contributed by atoms with van der Waals surface area (Å²) in [4.78, 5) is 22.2. The Morgan fingerprint density at radius 3 is 2.92 bits per heavy atom. The van der Waals surface area contributed by atoms with Gasteiger partial charge in [-0.05, 0) is 6.42 Å². The van der Waals surface area contributed by atoms with Crippen molar-refractivity contribution in [1.82, 2.24) is 0 Å². The zero-order valence-corrected chi connectivity index (χ0v) is 7.08. The predicted octanol–water partition coefficient (Wildman–Crippen LogP) is 0.917. The van der Waals surface area contributed by atoms with Gasteiger partial charge in [-0.15, -0.1) is 0 Å². The fourth-order valence-electron chi connectivity index (χ4n) is 2.09. The molecule has 1 saturated heterocycles. The highest BCUT2D eigenvalue weighted by Crippen LogP contribution is 2.36. The third-order valence-electron chi connectivity index (χ3n) is 2.93. The monoisotopic (exact) mass is 168 g/mol. The number of esters is 1. The number of hydrogen-bond acceptors (Lipinski definition) is 3. The van der Waals surface area contributed by atoms with Crippen LogP contribution in [-0.4, -0.2) is 17.9 Å². The summed E-state index contributed by atoms with van der Waals surface area (Å²) >= 11 is 0. The summed E-state index contributed by atoms with van der Waals surface area (Å²) in [7, 11) is 0. The smallest absolute Gasteiger partial charge is 0.309 e. The molecule has 2 rings (SSSR count). The highest BCUT2D eigenvalue weighted by atomic mass is 16.6. The zero-order chi connectivity index (χ0) is 8.72. The number of ether oxygens (including phenoxy) is 1. The second kappa shape index (κ2) is 2.57. The average molecular weight is 168 g/mol. The summed E-state index contributed by atoms with van der Waals surface area (Å²) in [6.45, 7) is 1.85. The van der Waals surface area contributed by atoms with E-state index in [0.717, 1.165) is 6.42 Å². The van der Waals surface area contributed by atoms with Crippen molar-refractivity contribution in [3.8, 4) is 0 Å². The van der Waals surface area contributed by atoms with Crippen LogP contribution in [0.25, 0.3) is 0 Å². The third-order valence-corrected chi connectivity index (χ3v) is 2.93. The molecule has 3 heteroatoms. The maximum Gasteiger partial charge on any atom is 0.309 e. The maximum absolute atomic E-state index is 11.1. The standard InChI is InChI=1S/C9H12O3/c1-5-7-4-6(10)2-3-8(7)12-9(5)11/h5,7-8H,2-4H2,1H3. The molecule has 2 fully saturated rings. The molecule has 0 aromatic heterocycles. The van der Waals surface area contributed by atoms with Crippen molar-refractivity contribution in [2.75, 3.05) is 0 Å². The highest BCUT2D eigenvalue weighted by Gasteiger charge is 2.44. The Morgan fingerprint density at radius 2 is 2.17 bits per heavy atom. The average Bonchev–Trinajstić information content (AvgIpc) is 2.31. The molecule has 0 radical (unpaired) electrons. The molecule has 1 aliphatic heterocycles. The van der Waals surface area contributed by atoms with Crippen LogP contribution >= 0.6 is 0 Å². The second-order valence-corrected chi connectivity index (χ2v) is 3.71. The van der Waals surface area contributed by atoms with Crippen LogP contribution in [0.1, 0.15) is 26.2 Å². The number of hydrogen-bond donors (Lipinski definition) is 0. The van der Waals surface area contributed by atoms with Crippen LogP contribution in [0.4, 0.5) is 0 Å². The Hall–Kier alpha value is -0.860. The van der Waals surface area contributed by atoms with Crippen molar-refractivity contribution >= 4 is 11.8 Å². The summed E-state index contributed by atoms with van der Waals surface area (Å²) in [5.41, 5.74) is 0. The number of carbonyl (C=O) groups is 2. The van der Waals surface area contributed by atoms with Crippen LogP contribution in [0.15, 0.2) is 0 Å². The molecule has 1 aliphatic carbocycles. The molecular formula is C9H12O3. The fraction of sp³-hybridized carbons (Fsp3) is 0.778. The van der Waals surface area contributed by atoms with Gasteiger partial charge in [0.05, 0.1) is 5.92 Å². The lowest BCUT2D eigenvalue weighted by molar-refractivity contribution is -0.144. The van der Waals surface area contributed by atoms with Crippen LogP contribution in [0.3, 0.4) is 0 Å². The van der Waals surface area contributed by atoms with Crippen molar-refractivity contribution in [3.05, 3.63) is 0 Å². The number of rotatable bonds is 0. The summed E-state index contributed by atoms with van der Waals surface area (Å²) in [5, 5.41) is 0. The van der Waals surface area contributed by atoms with Gasteiger partial charge in [-0.2, -0.15) is 0 Å². The molecular weight excluding hydrogens is 156 g/mol.